The van der Waals surface area contributed by atoms with Crippen LogP contribution >= 0.6 is 0 Å². The molecule has 0 radical (unpaired) electrons. The van der Waals surface area contributed by atoms with Crippen molar-refractivity contribution in [3.8, 4) is 0 Å². The molecule has 32 heavy (non-hydrogen) atoms. The Kier molecular flexibility index (Phi) is 4.70. The molecule has 2 amide bonds. The smallest absolute Gasteiger partial charge is 0.307 e. The topological polar surface area (TPSA) is 93.9 Å². The second-order valence-electron chi connectivity index (χ2n) is 7.74. The van der Waals surface area contributed by atoms with E-state index in [9.17, 15) is 14.4 Å². The van der Waals surface area contributed by atoms with Crippen LogP contribution in [0.5, 0.6) is 0 Å². The molecule has 8 heteroatoms. The number of hydrogen-bond acceptors (Lipinski definition) is 6. The van der Waals surface area contributed by atoms with Crippen LogP contribution in [0.1, 0.15) is 44.1 Å². The van der Waals surface area contributed by atoms with Crippen molar-refractivity contribution in [3.63, 3.8) is 0 Å². The molecule has 2 aromatic carbocycles. The summed E-state index contributed by atoms with van der Waals surface area (Å²) >= 11 is 0. The normalized spacial score (nSPS) is 13.2. The van der Waals surface area contributed by atoms with Crippen LogP contribution < -0.4 is 0 Å². The van der Waals surface area contributed by atoms with Crippen LogP contribution in [0.4, 0.5) is 0 Å². The SMILES string of the molecule is Cc1nc2c3ccccc3nn2c(C)c1CCC(=O)OCN1C(=O)c2ccccc2C1=O. The van der Waals surface area contributed by atoms with Gasteiger partial charge in [0, 0.05) is 23.2 Å². The maximum atomic E-state index is 12.4. The first kappa shape index (κ1) is 19.9. The lowest BCUT2D eigenvalue weighted by Crippen LogP contribution is -2.33. The highest BCUT2D eigenvalue weighted by molar-refractivity contribution is 6.21. The predicted molar refractivity (Wildman–Crippen MR) is 116 cm³/mol. The zero-order chi connectivity index (χ0) is 22.4. The monoisotopic (exact) mass is 428 g/mol. The molecule has 1 aliphatic heterocycles. The summed E-state index contributed by atoms with van der Waals surface area (Å²) in [4.78, 5) is 42.8. The first-order chi connectivity index (χ1) is 15.5. The molecule has 8 nitrogen and oxygen atoms in total. The molecule has 0 unspecified atom stereocenters. The van der Waals surface area contributed by atoms with Gasteiger partial charge in [0.2, 0.25) is 0 Å². The van der Waals surface area contributed by atoms with Gasteiger partial charge in [-0.3, -0.25) is 14.4 Å². The number of benzene rings is 2. The lowest BCUT2D eigenvalue weighted by molar-refractivity contribution is -0.146. The van der Waals surface area contributed by atoms with Gasteiger partial charge in [0.1, 0.15) is 0 Å². The maximum absolute atomic E-state index is 12.4. The minimum Gasteiger partial charge on any atom is -0.444 e. The third kappa shape index (κ3) is 3.11. The van der Waals surface area contributed by atoms with Crippen LogP contribution in [-0.4, -0.2) is 44.0 Å². The quantitative estimate of drug-likeness (QED) is 0.358. The largest absolute Gasteiger partial charge is 0.444 e. The van der Waals surface area contributed by atoms with E-state index in [4.69, 9.17) is 9.72 Å². The second kappa shape index (κ2) is 7.56. The Bertz CT molecular complexity index is 1390. The van der Waals surface area contributed by atoms with Gasteiger partial charge < -0.3 is 4.74 Å². The van der Waals surface area contributed by atoms with Gasteiger partial charge in [-0.05, 0) is 50.1 Å². The molecule has 0 N–H and O–H groups in total. The summed E-state index contributed by atoms with van der Waals surface area (Å²) in [6.07, 6.45) is 0.511. The van der Waals surface area contributed by atoms with Crippen LogP contribution in [0.25, 0.3) is 16.6 Å². The van der Waals surface area contributed by atoms with Gasteiger partial charge >= 0.3 is 5.97 Å². The van der Waals surface area contributed by atoms with Crippen molar-refractivity contribution in [3.05, 3.63) is 76.6 Å². The number of esters is 1. The van der Waals surface area contributed by atoms with E-state index in [0.29, 0.717) is 17.5 Å². The highest BCUT2D eigenvalue weighted by Gasteiger charge is 2.35. The molecular formula is C24H20N4O4. The van der Waals surface area contributed by atoms with E-state index in [1.165, 1.54) is 0 Å². The Balaban J connectivity index is 1.28. The molecule has 0 atom stereocenters. The van der Waals surface area contributed by atoms with Crippen LogP contribution in [0.2, 0.25) is 0 Å². The van der Waals surface area contributed by atoms with E-state index >= 15 is 0 Å². The minimum atomic E-state index is -0.494. The van der Waals surface area contributed by atoms with E-state index in [2.05, 4.69) is 5.10 Å². The van der Waals surface area contributed by atoms with Crippen molar-refractivity contribution >= 4 is 34.3 Å². The Hall–Kier alpha value is -4.07. The summed E-state index contributed by atoms with van der Waals surface area (Å²) in [6, 6.07) is 14.4. The van der Waals surface area contributed by atoms with Crippen LogP contribution in [-0.2, 0) is 16.0 Å². The lowest BCUT2D eigenvalue weighted by Gasteiger charge is -2.14. The highest BCUT2D eigenvalue weighted by Crippen LogP contribution is 2.24. The Morgan fingerprint density at radius 3 is 2.34 bits per heavy atom. The molecule has 2 aromatic heterocycles. The molecule has 0 saturated carbocycles. The first-order valence-corrected chi connectivity index (χ1v) is 10.3. The van der Waals surface area contributed by atoms with Crippen molar-refractivity contribution in [1.82, 2.24) is 19.5 Å². The highest BCUT2D eigenvalue weighted by atomic mass is 16.5. The molecule has 4 aromatic rings. The lowest BCUT2D eigenvalue weighted by atomic mass is 10.1. The zero-order valence-corrected chi connectivity index (χ0v) is 17.7. The van der Waals surface area contributed by atoms with E-state index in [0.717, 1.165) is 38.4 Å². The molecule has 160 valence electrons. The fraction of sp³-hybridized carbons (Fsp3) is 0.208. The van der Waals surface area contributed by atoms with E-state index in [1.807, 2.05) is 38.1 Å². The number of nitrogens with zero attached hydrogens (tertiary/aromatic N) is 4. The number of imide groups is 1. The Morgan fingerprint density at radius 1 is 0.969 bits per heavy atom. The third-order valence-electron chi connectivity index (χ3n) is 5.83. The van der Waals surface area contributed by atoms with Gasteiger partial charge in [-0.1, -0.05) is 24.3 Å². The number of ether oxygens (including phenoxy) is 1. The number of aryl methyl sites for hydroxylation is 2. The standard InChI is InChI=1S/C24H20N4O4/c1-14-16(15(2)28-22(25-14)19-9-5-6-10-20(19)26-28)11-12-21(29)32-13-27-23(30)17-7-3-4-8-18(17)24(27)31/h3-10H,11-13H2,1-2H3. The fourth-order valence-corrected chi connectivity index (χ4v) is 4.13. The van der Waals surface area contributed by atoms with Gasteiger partial charge in [-0.2, -0.15) is 5.10 Å². The van der Waals surface area contributed by atoms with E-state index in [-0.39, 0.29) is 6.42 Å². The Labute approximate surface area is 183 Å². The number of carbonyl (C=O) groups is 3. The van der Waals surface area contributed by atoms with Crippen molar-refractivity contribution in [2.75, 3.05) is 6.73 Å². The average Bonchev–Trinajstić information content (AvgIpc) is 3.28. The minimum absolute atomic E-state index is 0.0961. The Morgan fingerprint density at radius 2 is 1.62 bits per heavy atom. The van der Waals surface area contributed by atoms with Gasteiger partial charge in [-0.25, -0.2) is 14.4 Å². The number of carbonyl (C=O) groups excluding carboxylic acids is 3. The summed E-state index contributed by atoms with van der Waals surface area (Å²) in [5.41, 5.74) is 4.96. The molecule has 0 bridgehead atoms. The van der Waals surface area contributed by atoms with E-state index in [1.54, 1.807) is 28.8 Å². The molecular weight excluding hydrogens is 408 g/mol. The van der Waals surface area contributed by atoms with Crippen LogP contribution in [0, 0.1) is 13.8 Å². The van der Waals surface area contributed by atoms with Crippen molar-refractivity contribution < 1.29 is 19.1 Å². The number of aromatic nitrogens is 3. The van der Waals surface area contributed by atoms with Crippen molar-refractivity contribution in [1.29, 1.82) is 0 Å². The molecule has 0 aliphatic carbocycles. The predicted octanol–water partition coefficient (Wildman–Crippen LogP) is 3.23. The van der Waals surface area contributed by atoms with Crippen molar-refractivity contribution in [2.45, 2.75) is 26.7 Å². The fourth-order valence-electron chi connectivity index (χ4n) is 4.13. The van der Waals surface area contributed by atoms with Gasteiger partial charge in [0.05, 0.1) is 16.6 Å². The summed E-state index contributed by atoms with van der Waals surface area (Å²) < 4.78 is 7.04. The van der Waals surface area contributed by atoms with Gasteiger partial charge in [0.15, 0.2) is 12.4 Å². The first-order valence-electron chi connectivity index (χ1n) is 10.3. The van der Waals surface area contributed by atoms with E-state index < -0.39 is 24.5 Å². The van der Waals surface area contributed by atoms with Gasteiger partial charge in [-0.15, -0.1) is 0 Å². The maximum Gasteiger partial charge on any atom is 0.307 e. The molecule has 3 heterocycles. The number of fused-ring (bicyclic) bond motifs is 4. The summed E-state index contributed by atoms with van der Waals surface area (Å²) in [5, 5.41) is 5.60. The summed E-state index contributed by atoms with van der Waals surface area (Å²) in [5.74, 6) is -1.40. The zero-order valence-electron chi connectivity index (χ0n) is 17.7. The molecule has 1 aliphatic rings. The summed E-state index contributed by atoms with van der Waals surface area (Å²) in [7, 11) is 0. The average molecular weight is 428 g/mol. The van der Waals surface area contributed by atoms with Crippen LogP contribution in [0.3, 0.4) is 0 Å². The third-order valence-corrected chi connectivity index (χ3v) is 5.83. The molecule has 5 rings (SSSR count). The summed E-state index contributed by atoms with van der Waals surface area (Å²) in [6.45, 7) is 3.46. The molecule has 0 fully saturated rings. The number of amides is 2. The van der Waals surface area contributed by atoms with Crippen LogP contribution in [0.15, 0.2) is 48.5 Å². The number of rotatable bonds is 5. The molecule has 0 saturated heterocycles. The van der Waals surface area contributed by atoms with Gasteiger partial charge in [0.25, 0.3) is 11.8 Å². The second-order valence-corrected chi connectivity index (χ2v) is 7.74. The molecule has 0 spiro atoms. The van der Waals surface area contributed by atoms with Crippen molar-refractivity contribution in [2.24, 2.45) is 0 Å². The number of hydrogen-bond donors (Lipinski definition) is 0.